The van der Waals surface area contributed by atoms with Gasteiger partial charge in [0.1, 0.15) is 9.88 Å². The molecule has 9 heteroatoms. The number of halogens is 2. The van der Waals surface area contributed by atoms with Crippen LogP contribution in [0.15, 0.2) is 60.7 Å². The predicted molar refractivity (Wildman–Crippen MR) is 142 cm³/mol. The van der Waals surface area contributed by atoms with Crippen molar-refractivity contribution in [2.45, 2.75) is 19.3 Å². The molecule has 3 heterocycles. The monoisotopic (exact) mass is 522 g/mol. The van der Waals surface area contributed by atoms with E-state index in [1.807, 2.05) is 37.4 Å². The third kappa shape index (κ3) is 5.06. The first-order valence-electron chi connectivity index (χ1n) is 12.3. The molecular weight excluding hydrogens is 494 g/mol. The van der Waals surface area contributed by atoms with Crippen molar-refractivity contribution in [2.24, 2.45) is 0 Å². The predicted octanol–water partition coefficient (Wildman–Crippen LogP) is 4.96. The van der Waals surface area contributed by atoms with Crippen LogP contribution in [0.4, 0.5) is 14.5 Å². The molecule has 0 saturated carbocycles. The number of allylic oxidation sites excluding steroid dienone is 1. The number of para-hydroxylation sites is 1. The molecule has 1 saturated heterocycles. The van der Waals surface area contributed by atoms with Gasteiger partial charge in [0.15, 0.2) is 0 Å². The number of carbonyl (C=O) groups excluding carboxylic acids is 2. The van der Waals surface area contributed by atoms with Crippen molar-refractivity contribution in [1.29, 1.82) is 0 Å². The minimum Gasteiger partial charge on any atom is -0.337 e. The normalized spacial score (nSPS) is 19.0. The summed E-state index contributed by atoms with van der Waals surface area (Å²) in [6.45, 7) is 3.96. The van der Waals surface area contributed by atoms with Gasteiger partial charge in [0.05, 0.1) is 11.4 Å². The van der Waals surface area contributed by atoms with E-state index in [1.54, 1.807) is 36.1 Å². The topological polar surface area (TPSA) is 56.8 Å². The molecule has 2 aromatic carbocycles. The van der Waals surface area contributed by atoms with Crippen molar-refractivity contribution < 1.29 is 18.4 Å². The number of amides is 2. The van der Waals surface area contributed by atoms with Gasteiger partial charge in [0.25, 0.3) is 11.8 Å². The number of fused-ring (bicyclic) bond motifs is 1. The summed E-state index contributed by atoms with van der Waals surface area (Å²) in [6.07, 6.45) is 0.488. The van der Waals surface area contributed by atoms with Crippen LogP contribution in [0.2, 0.25) is 0 Å². The highest BCUT2D eigenvalue weighted by Gasteiger charge is 2.42. The maximum absolute atomic E-state index is 15.5. The number of alkyl halides is 2. The van der Waals surface area contributed by atoms with Gasteiger partial charge in [0.2, 0.25) is 5.91 Å². The molecule has 0 unspecified atom stereocenters. The number of aromatic nitrogens is 1. The number of aryl methyl sites for hydroxylation is 1. The fourth-order valence-electron chi connectivity index (χ4n) is 4.70. The highest BCUT2D eigenvalue weighted by molar-refractivity contribution is 7.17. The van der Waals surface area contributed by atoms with Gasteiger partial charge in [-0.2, -0.15) is 0 Å². The lowest BCUT2D eigenvalue weighted by Gasteiger charge is -2.32. The lowest BCUT2D eigenvalue weighted by atomic mass is 9.96. The highest BCUT2D eigenvalue weighted by atomic mass is 32.1. The van der Waals surface area contributed by atoms with Crippen LogP contribution in [0, 0.1) is 6.92 Å². The van der Waals surface area contributed by atoms with Gasteiger partial charge in [-0.15, -0.1) is 11.3 Å². The quantitative estimate of drug-likeness (QED) is 0.457. The Morgan fingerprint density at radius 2 is 1.65 bits per heavy atom. The molecule has 0 bridgehead atoms. The largest absolute Gasteiger partial charge is 0.337 e. The summed E-state index contributed by atoms with van der Waals surface area (Å²) in [4.78, 5) is 36.9. The van der Waals surface area contributed by atoms with Crippen LogP contribution < -0.4 is 4.90 Å². The van der Waals surface area contributed by atoms with Crippen LogP contribution >= 0.6 is 11.3 Å². The molecule has 3 aromatic rings. The molecule has 192 valence electrons. The average Bonchev–Trinajstić information content (AvgIpc) is 3.25. The maximum atomic E-state index is 15.5. The lowest BCUT2D eigenvalue weighted by Crippen LogP contribution is -2.46. The van der Waals surface area contributed by atoms with E-state index in [0.717, 1.165) is 11.6 Å². The molecule has 0 aliphatic carbocycles. The summed E-state index contributed by atoms with van der Waals surface area (Å²) in [5.41, 5.74) is 1.68. The summed E-state index contributed by atoms with van der Waals surface area (Å²) in [6, 6.07) is 16.1. The van der Waals surface area contributed by atoms with Gasteiger partial charge >= 0.3 is 0 Å². The van der Waals surface area contributed by atoms with E-state index < -0.39 is 18.3 Å². The molecular formula is C28H28F2N4O2S. The lowest BCUT2D eigenvalue weighted by molar-refractivity contribution is -0.127. The van der Waals surface area contributed by atoms with Crippen molar-refractivity contribution in [3.8, 4) is 10.6 Å². The maximum Gasteiger partial charge on any atom is 0.275 e. The molecule has 2 amide bonds. The zero-order valence-corrected chi connectivity index (χ0v) is 21.6. The number of rotatable bonds is 3. The molecule has 1 fully saturated rings. The second kappa shape index (κ2) is 10.1. The molecule has 0 spiro atoms. The first kappa shape index (κ1) is 25.2. The molecule has 0 atom stereocenters. The summed E-state index contributed by atoms with van der Waals surface area (Å²) in [7, 11) is 1.97. The van der Waals surface area contributed by atoms with E-state index in [-0.39, 0.29) is 23.6 Å². The number of piperazine rings is 1. The number of carbonyl (C=O) groups is 2. The zero-order valence-electron chi connectivity index (χ0n) is 20.8. The fraction of sp³-hybridized carbons (Fsp3) is 0.321. The van der Waals surface area contributed by atoms with Crippen LogP contribution in [0.5, 0.6) is 0 Å². The van der Waals surface area contributed by atoms with Gasteiger partial charge < -0.3 is 14.7 Å². The Morgan fingerprint density at radius 3 is 2.38 bits per heavy atom. The summed E-state index contributed by atoms with van der Waals surface area (Å²) in [5, 5.41) is 0.702. The number of nitrogens with zero attached hydrogens (tertiary/aromatic N) is 4. The van der Waals surface area contributed by atoms with E-state index in [1.165, 1.54) is 16.2 Å². The van der Waals surface area contributed by atoms with E-state index >= 15 is 8.78 Å². The number of thiazole rings is 1. The number of benzene rings is 2. The van der Waals surface area contributed by atoms with E-state index in [0.29, 0.717) is 47.4 Å². The fourth-order valence-corrected chi connectivity index (χ4v) is 5.72. The Hall–Kier alpha value is -3.43. The Morgan fingerprint density at radius 1 is 0.973 bits per heavy atom. The molecule has 0 radical (unpaired) electrons. The summed E-state index contributed by atoms with van der Waals surface area (Å²) in [5.74, 6) is -4.07. The smallest absolute Gasteiger partial charge is 0.275 e. The number of hydrogen-bond acceptors (Lipinski definition) is 5. The van der Waals surface area contributed by atoms with E-state index in [9.17, 15) is 9.59 Å². The Bertz CT molecular complexity index is 1350. The standard InChI is InChI=1S/C28H28F2N4O2S/c1-19-25(37-26(31-19)20-8-4-3-5-9-20)27(36)34-13-12-28(29,30)22(21-10-6-7-11-23(21)34)18-24(35)33-16-14-32(2)15-17-33/h3-11,18H,12-17H2,1-2H3/b22-18-. The number of anilines is 1. The van der Waals surface area contributed by atoms with Gasteiger partial charge in [-0.3, -0.25) is 9.59 Å². The van der Waals surface area contributed by atoms with Crippen molar-refractivity contribution in [2.75, 3.05) is 44.7 Å². The van der Waals surface area contributed by atoms with Crippen molar-refractivity contribution >= 4 is 34.4 Å². The minimum atomic E-state index is -3.27. The van der Waals surface area contributed by atoms with Crippen LogP contribution in [0.3, 0.4) is 0 Å². The van der Waals surface area contributed by atoms with Gasteiger partial charge in [-0.1, -0.05) is 48.5 Å². The first-order valence-corrected chi connectivity index (χ1v) is 13.1. The second-order valence-corrected chi connectivity index (χ2v) is 10.4. The SMILES string of the molecule is Cc1nc(-c2ccccc2)sc1C(=O)N1CCC(F)(F)/C(=C\C(=O)N2CCN(C)CC2)c2ccccc21. The third-order valence-corrected chi connectivity index (χ3v) is 8.06. The Kier molecular flexibility index (Phi) is 6.92. The molecule has 1 aromatic heterocycles. The third-order valence-electron chi connectivity index (χ3n) is 6.87. The summed E-state index contributed by atoms with van der Waals surface area (Å²) < 4.78 is 31.1. The second-order valence-electron chi connectivity index (χ2n) is 9.41. The summed E-state index contributed by atoms with van der Waals surface area (Å²) >= 11 is 1.26. The van der Waals surface area contributed by atoms with Crippen LogP contribution in [0.25, 0.3) is 16.1 Å². The Balaban J connectivity index is 1.51. The first-order chi connectivity index (χ1) is 17.7. The zero-order chi connectivity index (χ0) is 26.2. The van der Waals surface area contributed by atoms with Crippen LogP contribution in [0.1, 0.15) is 27.3 Å². The molecule has 2 aliphatic rings. The molecule has 2 aliphatic heterocycles. The molecule has 6 nitrogen and oxygen atoms in total. The van der Waals surface area contributed by atoms with Crippen molar-refractivity contribution in [3.63, 3.8) is 0 Å². The van der Waals surface area contributed by atoms with Gasteiger partial charge in [0, 0.05) is 61.9 Å². The molecule has 5 rings (SSSR count). The van der Waals surface area contributed by atoms with Crippen LogP contribution in [-0.4, -0.2) is 72.3 Å². The van der Waals surface area contributed by atoms with Gasteiger partial charge in [-0.25, -0.2) is 13.8 Å². The molecule has 0 N–H and O–H groups in total. The van der Waals surface area contributed by atoms with E-state index in [2.05, 4.69) is 9.88 Å². The van der Waals surface area contributed by atoms with Gasteiger partial charge in [-0.05, 0) is 20.0 Å². The highest BCUT2D eigenvalue weighted by Crippen LogP contribution is 2.44. The molecule has 37 heavy (non-hydrogen) atoms. The van der Waals surface area contributed by atoms with Crippen molar-refractivity contribution in [3.05, 3.63) is 76.8 Å². The van der Waals surface area contributed by atoms with Crippen LogP contribution in [-0.2, 0) is 4.79 Å². The van der Waals surface area contributed by atoms with Crippen molar-refractivity contribution in [1.82, 2.24) is 14.8 Å². The minimum absolute atomic E-state index is 0.180. The van der Waals surface area contributed by atoms with E-state index in [4.69, 9.17) is 0 Å². The number of likely N-dealkylation sites (N-methyl/N-ethyl adjacent to an activating group) is 1. The number of hydrogen-bond donors (Lipinski definition) is 0. The average molecular weight is 523 g/mol. The Labute approximate surface area is 218 Å².